The molecule has 2 aromatic carbocycles. The van der Waals surface area contributed by atoms with E-state index in [0.29, 0.717) is 49.2 Å². The fraction of sp³-hybridized carbons (Fsp3) is 0.381. The highest BCUT2D eigenvalue weighted by Gasteiger charge is 2.28. The van der Waals surface area contributed by atoms with Crippen molar-refractivity contribution in [3.05, 3.63) is 59.1 Å². The molecule has 1 N–H and O–H groups in total. The highest BCUT2D eigenvalue weighted by Crippen LogP contribution is 2.23. The van der Waals surface area contributed by atoms with Crippen molar-refractivity contribution in [1.29, 1.82) is 0 Å². The lowest BCUT2D eigenvalue weighted by Gasteiger charge is -2.27. The molecule has 0 aromatic heterocycles. The number of sulfonamides is 1. The van der Waals surface area contributed by atoms with Crippen LogP contribution in [0.4, 0.5) is 4.79 Å². The molecule has 1 aliphatic rings. The van der Waals surface area contributed by atoms with Gasteiger partial charge < -0.3 is 19.7 Å². The van der Waals surface area contributed by atoms with Gasteiger partial charge in [0.15, 0.2) is 0 Å². The van der Waals surface area contributed by atoms with Gasteiger partial charge in [0.25, 0.3) is 0 Å². The SMILES string of the molecule is CN(CCOc1ccccc1Cl)C(=O)NCc1ccccc1S(=O)(=O)N1CCOCC1. The van der Waals surface area contributed by atoms with E-state index in [9.17, 15) is 13.2 Å². The van der Waals surface area contributed by atoms with Gasteiger partial charge >= 0.3 is 6.03 Å². The molecule has 1 heterocycles. The van der Waals surface area contributed by atoms with Gasteiger partial charge in [0, 0.05) is 26.7 Å². The molecular formula is C21H26ClN3O5S. The third-order valence-electron chi connectivity index (χ3n) is 4.86. The summed E-state index contributed by atoms with van der Waals surface area (Å²) in [6.45, 7) is 2.08. The molecule has 0 radical (unpaired) electrons. The summed E-state index contributed by atoms with van der Waals surface area (Å²) in [5.41, 5.74) is 0.531. The molecule has 2 amide bonds. The Kier molecular flexibility index (Phi) is 8.14. The maximum absolute atomic E-state index is 13.0. The first-order valence-electron chi connectivity index (χ1n) is 9.91. The van der Waals surface area contributed by atoms with E-state index in [4.69, 9.17) is 21.1 Å². The van der Waals surface area contributed by atoms with Gasteiger partial charge in [0.2, 0.25) is 10.0 Å². The molecule has 2 aromatic rings. The fourth-order valence-corrected chi connectivity index (χ4v) is 4.91. The largest absolute Gasteiger partial charge is 0.490 e. The predicted octanol–water partition coefficient (Wildman–Crippen LogP) is 2.58. The number of hydrogen-bond acceptors (Lipinski definition) is 5. The minimum Gasteiger partial charge on any atom is -0.490 e. The first kappa shape index (κ1) is 23.3. The third kappa shape index (κ3) is 6.10. The molecule has 0 unspecified atom stereocenters. The van der Waals surface area contributed by atoms with Crippen molar-refractivity contribution in [1.82, 2.24) is 14.5 Å². The maximum Gasteiger partial charge on any atom is 0.317 e. The zero-order valence-corrected chi connectivity index (χ0v) is 18.9. The van der Waals surface area contributed by atoms with Crippen LogP contribution in [0.25, 0.3) is 0 Å². The number of morpholine rings is 1. The Morgan fingerprint density at radius 3 is 2.58 bits per heavy atom. The smallest absolute Gasteiger partial charge is 0.317 e. The number of amides is 2. The van der Waals surface area contributed by atoms with Crippen molar-refractivity contribution in [2.75, 3.05) is 46.5 Å². The molecule has 1 fully saturated rings. The number of carbonyl (C=O) groups is 1. The molecule has 1 saturated heterocycles. The van der Waals surface area contributed by atoms with Crippen LogP contribution < -0.4 is 10.1 Å². The van der Waals surface area contributed by atoms with E-state index in [1.54, 1.807) is 43.4 Å². The molecular weight excluding hydrogens is 442 g/mol. The molecule has 0 atom stereocenters. The van der Waals surface area contributed by atoms with Crippen molar-refractivity contribution < 1.29 is 22.7 Å². The van der Waals surface area contributed by atoms with Crippen LogP contribution in [0.15, 0.2) is 53.4 Å². The number of nitrogens with one attached hydrogen (secondary N) is 1. The lowest BCUT2D eigenvalue weighted by atomic mass is 10.2. The number of para-hydroxylation sites is 1. The van der Waals surface area contributed by atoms with Crippen molar-refractivity contribution in [3.63, 3.8) is 0 Å². The summed E-state index contributed by atoms with van der Waals surface area (Å²) in [6, 6.07) is 13.5. The number of likely N-dealkylation sites (N-methyl/N-ethyl adjacent to an activating group) is 1. The third-order valence-corrected chi connectivity index (χ3v) is 7.17. The molecule has 168 valence electrons. The number of ether oxygens (including phenoxy) is 2. The Morgan fingerprint density at radius 1 is 1.16 bits per heavy atom. The van der Waals surface area contributed by atoms with Crippen LogP contribution in [0.3, 0.4) is 0 Å². The average molecular weight is 468 g/mol. The number of urea groups is 1. The Hall–Kier alpha value is -2.33. The summed E-state index contributed by atoms with van der Waals surface area (Å²) >= 11 is 6.05. The van der Waals surface area contributed by atoms with Crippen LogP contribution >= 0.6 is 11.6 Å². The number of rotatable bonds is 8. The monoisotopic (exact) mass is 467 g/mol. The summed E-state index contributed by atoms with van der Waals surface area (Å²) in [7, 11) is -2.01. The molecule has 0 bridgehead atoms. The fourth-order valence-electron chi connectivity index (χ4n) is 3.09. The van der Waals surface area contributed by atoms with E-state index >= 15 is 0 Å². The van der Waals surface area contributed by atoms with E-state index in [-0.39, 0.29) is 24.1 Å². The summed E-state index contributed by atoms with van der Waals surface area (Å²) in [5, 5.41) is 3.28. The maximum atomic E-state index is 13.0. The average Bonchev–Trinajstić information content (AvgIpc) is 2.79. The zero-order chi connectivity index (χ0) is 22.3. The Bertz CT molecular complexity index is 996. The normalized spacial score (nSPS) is 14.8. The summed E-state index contributed by atoms with van der Waals surface area (Å²) < 4.78 is 38.3. The second kappa shape index (κ2) is 10.8. The quantitative estimate of drug-likeness (QED) is 0.644. The van der Waals surface area contributed by atoms with Gasteiger partial charge in [0.1, 0.15) is 12.4 Å². The molecule has 10 heteroatoms. The van der Waals surface area contributed by atoms with Gasteiger partial charge in [-0.1, -0.05) is 41.9 Å². The summed E-state index contributed by atoms with van der Waals surface area (Å²) in [6.07, 6.45) is 0. The summed E-state index contributed by atoms with van der Waals surface area (Å²) in [4.78, 5) is 14.1. The molecule has 0 spiro atoms. The number of hydrogen-bond donors (Lipinski definition) is 1. The predicted molar refractivity (Wildman–Crippen MR) is 118 cm³/mol. The number of carbonyl (C=O) groups excluding carboxylic acids is 1. The van der Waals surface area contributed by atoms with E-state index in [1.165, 1.54) is 9.21 Å². The Balaban J connectivity index is 1.56. The van der Waals surface area contributed by atoms with Gasteiger partial charge in [-0.2, -0.15) is 4.31 Å². The number of halogens is 1. The molecule has 31 heavy (non-hydrogen) atoms. The second-order valence-electron chi connectivity index (χ2n) is 6.98. The first-order valence-corrected chi connectivity index (χ1v) is 11.7. The minimum absolute atomic E-state index is 0.0916. The Labute approximate surface area is 187 Å². The number of benzene rings is 2. The van der Waals surface area contributed by atoms with E-state index in [0.717, 1.165) is 0 Å². The molecule has 8 nitrogen and oxygen atoms in total. The highest BCUT2D eigenvalue weighted by atomic mass is 35.5. The van der Waals surface area contributed by atoms with Crippen LogP contribution in [-0.2, 0) is 21.3 Å². The molecule has 0 saturated carbocycles. The molecule has 0 aliphatic carbocycles. The topological polar surface area (TPSA) is 88.2 Å². The van der Waals surface area contributed by atoms with E-state index in [1.807, 2.05) is 12.1 Å². The van der Waals surface area contributed by atoms with Gasteiger partial charge in [-0.05, 0) is 23.8 Å². The van der Waals surface area contributed by atoms with Gasteiger partial charge in [-0.25, -0.2) is 13.2 Å². The zero-order valence-electron chi connectivity index (χ0n) is 17.3. The standard InChI is InChI=1S/C21H26ClN3O5S/c1-24(10-15-30-19-8-4-3-7-18(19)22)21(26)23-16-17-6-2-5-9-20(17)31(27,28)25-11-13-29-14-12-25/h2-9H,10-16H2,1H3,(H,23,26). The molecule has 3 rings (SSSR count). The summed E-state index contributed by atoms with van der Waals surface area (Å²) in [5.74, 6) is 0.556. The molecule has 1 aliphatic heterocycles. The second-order valence-corrected chi connectivity index (χ2v) is 9.30. The van der Waals surface area contributed by atoms with Crippen molar-refractivity contribution in [2.24, 2.45) is 0 Å². The minimum atomic E-state index is -3.65. The van der Waals surface area contributed by atoms with Gasteiger partial charge in [0.05, 0.1) is 29.7 Å². The first-order chi connectivity index (χ1) is 14.9. The number of nitrogens with zero attached hydrogens (tertiary/aromatic N) is 2. The van der Waals surface area contributed by atoms with Crippen molar-refractivity contribution >= 4 is 27.7 Å². The van der Waals surface area contributed by atoms with Crippen LogP contribution in [0, 0.1) is 0 Å². The van der Waals surface area contributed by atoms with Crippen molar-refractivity contribution in [2.45, 2.75) is 11.4 Å². The van der Waals surface area contributed by atoms with Crippen molar-refractivity contribution in [3.8, 4) is 5.75 Å². The van der Waals surface area contributed by atoms with E-state index in [2.05, 4.69) is 5.32 Å². The van der Waals surface area contributed by atoms with Gasteiger partial charge in [-0.3, -0.25) is 0 Å². The van der Waals surface area contributed by atoms with Crippen LogP contribution in [0.1, 0.15) is 5.56 Å². The van der Waals surface area contributed by atoms with Crippen LogP contribution in [0.2, 0.25) is 5.02 Å². The van der Waals surface area contributed by atoms with Gasteiger partial charge in [-0.15, -0.1) is 0 Å². The highest BCUT2D eigenvalue weighted by molar-refractivity contribution is 7.89. The van der Waals surface area contributed by atoms with Crippen LogP contribution in [0.5, 0.6) is 5.75 Å². The van der Waals surface area contributed by atoms with Crippen LogP contribution in [-0.4, -0.2) is 70.2 Å². The lowest BCUT2D eigenvalue weighted by molar-refractivity contribution is 0.0730. The van der Waals surface area contributed by atoms with E-state index < -0.39 is 10.0 Å². The Morgan fingerprint density at radius 2 is 1.84 bits per heavy atom. The lowest BCUT2D eigenvalue weighted by Crippen LogP contribution is -2.41.